The highest BCUT2D eigenvalue weighted by Gasteiger charge is 2.44. The minimum absolute atomic E-state index is 0. The SMILES string of the molecule is Cc1ccccc1C1CC1C(=O)NCC(N)C1CC1.Cl. The summed E-state index contributed by atoms with van der Waals surface area (Å²) in [6, 6.07) is 8.51. The topological polar surface area (TPSA) is 55.1 Å². The molecule has 0 spiro atoms. The molecular formula is C16H23ClN2O. The number of amides is 1. The van der Waals surface area contributed by atoms with Crippen molar-refractivity contribution in [2.24, 2.45) is 17.6 Å². The Morgan fingerprint density at radius 3 is 2.75 bits per heavy atom. The minimum Gasteiger partial charge on any atom is -0.354 e. The number of halogens is 1. The van der Waals surface area contributed by atoms with Gasteiger partial charge in [-0.15, -0.1) is 12.4 Å². The molecule has 3 atom stereocenters. The van der Waals surface area contributed by atoms with Crippen molar-refractivity contribution in [3.8, 4) is 0 Å². The summed E-state index contributed by atoms with van der Waals surface area (Å²) in [7, 11) is 0. The fraction of sp³-hybridized carbons (Fsp3) is 0.562. The van der Waals surface area contributed by atoms with Crippen LogP contribution in [0.3, 0.4) is 0 Å². The van der Waals surface area contributed by atoms with Gasteiger partial charge in [-0.3, -0.25) is 4.79 Å². The largest absolute Gasteiger partial charge is 0.354 e. The third-order valence-electron chi connectivity index (χ3n) is 4.45. The number of aryl methyl sites for hydroxylation is 1. The van der Waals surface area contributed by atoms with Crippen molar-refractivity contribution in [2.45, 2.75) is 38.1 Å². The second-order valence-electron chi connectivity index (χ2n) is 6.05. The van der Waals surface area contributed by atoms with Crippen LogP contribution in [0.1, 0.15) is 36.3 Å². The number of carbonyl (C=O) groups excluding carboxylic acids is 1. The Morgan fingerprint density at radius 2 is 2.10 bits per heavy atom. The van der Waals surface area contributed by atoms with Gasteiger partial charge in [0.15, 0.2) is 0 Å². The first-order valence-corrected chi connectivity index (χ1v) is 7.25. The highest BCUT2D eigenvalue weighted by Crippen LogP contribution is 2.48. The molecule has 4 heteroatoms. The Labute approximate surface area is 126 Å². The summed E-state index contributed by atoms with van der Waals surface area (Å²) in [5.74, 6) is 1.40. The normalized spacial score (nSPS) is 25.5. The van der Waals surface area contributed by atoms with Crippen molar-refractivity contribution in [1.29, 1.82) is 0 Å². The van der Waals surface area contributed by atoms with Crippen molar-refractivity contribution >= 4 is 18.3 Å². The van der Waals surface area contributed by atoms with E-state index in [1.54, 1.807) is 0 Å². The first-order chi connectivity index (χ1) is 9.16. The van der Waals surface area contributed by atoms with Crippen molar-refractivity contribution in [3.05, 3.63) is 35.4 Å². The van der Waals surface area contributed by atoms with E-state index in [2.05, 4.69) is 30.4 Å². The lowest BCUT2D eigenvalue weighted by Crippen LogP contribution is -2.39. The molecule has 3 unspecified atom stereocenters. The predicted octanol–water partition coefficient (Wildman–Crippen LogP) is 2.37. The summed E-state index contributed by atoms with van der Waals surface area (Å²) in [6.45, 7) is 2.76. The second-order valence-corrected chi connectivity index (χ2v) is 6.05. The van der Waals surface area contributed by atoms with Gasteiger partial charge in [-0.2, -0.15) is 0 Å². The van der Waals surface area contributed by atoms with Crippen LogP contribution in [-0.2, 0) is 4.79 Å². The van der Waals surface area contributed by atoms with E-state index in [9.17, 15) is 4.79 Å². The molecule has 20 heavy (non-hydrogen) atoms. The van der Waals surface area contributed by atoms with Gasteiger partial charge in [0.2, 0.25) is 5.91 Å². The second kappa shape index (κ2) is 6.15. The molecule has 0 aliphatic heterocycles. The third-order valence-corrected chi connectivity index (χ3v) is 4.45. The van der Waals surface area contributed by atoms with E-state index in [0.717, 1.165) is 6.42 Å². The van der Waals surface area contributed by atoms with E-state index in [-0.39, 0.29) is 30.3 Å². The quantitative estimate of drug-likeness (QED) is 0.876. The predicted molar refractivity (Wildman–Crippen MR) is 83.0 cm³/mol. The molecule has 0 radical (unpaired) electrons. The van der Waals surface area contributed by atoms with Gasteiger partial charge in [-0.05, 0) is 49.1 Å². The van der Waals surface area contributed by atoms with E-state index in [1.807, 2.05) is 6.07 Å². The first kappa shape index (κ1) is 15.3. The van der Waals surface area contributed by atoms with Crippen LogP contribution in [-0.4, -0.2) is 18.5 Å². The van der Waals surface area contributed by atoms with Crippen LogP contribution in [0.15, 0.2) is 24.3 Å². The summed E-state index contributed by atoms with van der Waals surface area (Å²) >= 11 is 0. The van der Waals surface area contributed by atoms with Crippen LogP contribution in [0.4, 0.5) is 0 Å². The molecule has 2 saturated carbocycles. The Balaban J connectivity index is 0.00000147. The van der Waals surface area contributed by atoms with Crippen LogP contribution in [0.5, 0.6) is 0 Å². The zero-order valence-corrected chi connectivity index (χ0v) is 12.7. The average molecular weight is 295 g/mol. The minimum atomic E-state index is 0. The molecule has 3 N–H and O–H groups in total. The Morgan fingerprint density at radius 1 is 1.40 bits per heavy atom. The maximum Gasteiger partial charge on any atom is 0.223 e. The lowest BCUT2D eigenvalue weighted by Gasteiger charge is -2.11. The summed E-state index contributed by atoms with van der Waals surface area (Å²) in [5, 5.41) is 3.02. The van der Waals surface area contributed by atoms with Crippen LogP contribution in [0.25, 0.3) is 0 Å². The molecule has 0 saturated heterocycles. The van der Waals surface area contributed by atoms with Gasteiger partial charge in [-0.1, -0.05) is 24.3 Å². The van der Waals surface area contributed by atoms with Crippen molar-refractivity contribution in [3.63, 3.8) is 0 Å². The molecule has 0 heterocycles. The van der Waals surface area contributed by atoms with E-state index >= 15 is 0 Å². The first-order valence-electron chi connectivity index (χ1n) is 7.25. The molecule has 1 amide bonds. The van der Waals surface area contributed by atoms with Gasteiger partial charge in [0.05, 0.1) is 0 Å². The number of hydrogen-bond donors (Lipinski definition) is 2. The molecule has 1 aromatic carbocycles. The fourth-order valence-corrected chi connectivity index (χ4v) is 2.87. The highest BCUT2D eigenvalue weighted by molar-refractivity contribution is 5.85. The van der Waals surface area contributed by atoms with Crippen molar-refractivity contribution in [2.75, 3.05) is 6.54 Å². The van der Waals surface area contributed by atoms with Gasteiger partial charge in [0, 0.05) is 18.5 Å². The summed E-state index contributed by atoms with van der Waals surface area (Å²) in [4.78, 5) is 12.1. The molecule has 2 fully saturated rings. The molecule has 0 aromatic heterocycles. The number of carbonyl (C=O) groups is 1. The van der Waals surface area contributed by atoms with Crippen molar-refractivity contribution < 1.29 is 4.79 Å². The van der Waals surface area contributed by atoms with Crippen molar-refractivity contribution in [1.82, 2.24) is 5.32 Å². The third kappa shape index (κ3) is 3.33. The van der Waals surface area contributed by atoms with E-state index < -0.39 is 0 Å². The van der Waals surface area contributed by atoms with E-state index in [4.69, 9.17) is 5.73 Å². The molecule has 0 bridgehead atoms. The molecule has 2 aliphatic carbocycles. The summed E-state index contributed by atoms with van der Waals surface area (Å²) in [6.07, 6.45) is 3.44. The fourth-order valence-electron chi connectivity index (χ4n) is 2.87. The van der Waals surface area contributed by atoms with Gasteiger partial charge in [0.1, 0.15) is 0 Å². The molecule has 3 nitrogen and oxygen atoms in total. The zero-order valence-electron chi connectivity index (χ0n) is 11.8. The maximum absolute atomic E-state index is 12.1. The maximum atomic E-state index is 12.1. The highest BCUT2D eigenvalue weighted by atomic mass is 35.5. The molecule has 1 aromatic rings. The number of rotatable bonds is 5. The lowest BCUT2D eigenvalue weighted by atomic mass is 10.0. The Hall–Kier alpha value is -1.06. The van der Waals surface area contributed by atoms with Gasteiger partial charge in [0.25, 0.3) is 0 Å². The van der Waals surface area contributed by atoms with E-state index in [0.29, 0.717) is 18.4 Å². The summed E-state index contributed by atoms with van der Waals surface area (Å²) in [5.41, 5.74) is 8.62. The van der Waals surface area contributed by atoms with E-state index in [1.165, 1.54) is 24.0 Å². The average Bonchev–Trinajstić information content (AvgIpc) is 3.28. The molecular weight excluding hydrogens is 272 g/mol. The van der Waals surface area contributed by atoms with Crippen LogP contribution in [0.2, 0.25) is 0 Å². The molecule has 3 rings (SSSR count). The Kier molecular flexibility index (Phi) is 4.71. The monoisotopic (exact) mass is 294 g/mol. The number of nitrogens with one attached hydrogen (secondary N) is 1. The smallest absolute Gasteiger partial charge is 0.223 e. The standard InChI is InChI=1S/C16H22N2O.ClH/c1-10-4-2-3-5-12(10)13-8-14(13)16(19)18-9-15(17)11-6-7-11;/h2-5,11,13-15H,6-9,17H2,1H3,(H,18,19);1H. The van der Waals surface area contributed by atoms with Crippen LogP contribution in [0, 0.1) is 18.8 Å². The van der Waals surface area contributed by atoms with Gasteiger partial charge in [-0.25, -0.2) is 0 Å². The van der Waals surface area contributed by atoms with Gasteiger partial charge < -0.3 is 11.1 Å². The lowest BCUT2D eigenvalue weighted by molar-refractivity contribution is -0.122. The zero-order chi connectivity index (χ0) is 13.4. The summed E-state index contributed by atoms with van der Waals surface area (Å²) < 4.78 is 0. The van der Waals surface area contributed by atoms with Gasteiger partial charge >= 0.3 is 0 Å². The van der Waals surface area contributed by atoms with Crippen LogP contribution < -0.4 is 11.1 Å². The number of hydrogen-bond acceptors (Lipinski definition) is 2. The number of benzene rings is 1. The Bertz CT molecular complexity index is 487. The van der Waals surface area contributed by atoms with Crippen LogP contribution >= 0.6 is 12.4 Å². The number of nitrogens with two attached hydrogens (primary N) is 1. The molecule has 2 aliphatic rings. The molecule has 110 valence electrons.